The number of nitrogens with two attached hydrogens (primary N) is 1. The van der Waals surface area contributed by atoms with Gasteiger partial charge >= 0.3 is 0 Å². The third-order valence-corrected chi connectivity index (χ3v) is 2.72. The van der Waals surface area contributed by atoms with Gasteiger partial charge in [-0.3, -0.25) is 0 Å². The summed E-state index contributed by atoms with van der Waals surface area (Å²) >= 11 is 5.92. The van der Waals surface area contributed by atoms with Crippen LogP contribution in [0.15, 0.2) is 12.3 Å². The van der Waals surface area contributed by atoms with Gasteiger partial charge < -0.3 is 11.1 Å². The zero-order valence-electron chi connectivity index (χ0n) is 11.0. The van der Waals surface area contributed by atoms with E-state index in [2.05, 4.69) is 38.0 Å². The highest BCUT2D eigenvalue weighted by molar-refractivity contribution is 6.30. The SMILES string of the molecule is CC(CNC(C)(C)C)Cc1cc(Cl)cnc1N. The summed E-state index contributed by atoms with van der Waals surface area (Å²) in [6.45, 7) is 9.63. The summed E-state index contributed by atoms with van der Waals surface area (Å²) in [4.78, 5) is 4.07. The monoisotopic (exact) mass is 255 g/mol. The number of anilines is 1. The lowest BCUT2D eigenvalue weighted by atomic mass is 10.00. The Morgan fingerprint density at radius 3 is 2.71 bits per heavy atom. The van der Waals surface area contributed by atoms with Crippen molar-refractivity contribution in [2.24, 2.45) is 5.92 Å². The van der Waals surface area contributed by atoms with Crippen LogP contribution >= 0.6 is 11.6 Å². The van der Waals surface area contributed by atoms with Crippen LogP contribution in [0.5, 0.6) is 0 Å². The van der Waals surface area contributed by atoms with Crippen LogP contribution in [-0.4, -0.2) is 17.1 Å². The molecule has 0 bridgehead atoms. The maximum absolute atomic E-state index is 5.92. The largest absolute Gasteiger partial charge is 0.383 e. The van der Waals surface area contributed by atoms with Crippen molar-refractivity contribution in [1.82, 2.24) is 10.3 Å². The highest BCUT2D eigenvalue weighted by Gasteiger charge is 2.13. The smallest absolute Gasteiger partial charge is 0.126 e. The molecule has 1 aromatic heterocycles. The molecule has 1 unspecified atom stereocenters. The number of hydrogen-bond acceptors (Lipinski definition) is 3. The standard InChI is InChI=1S/C13H22ClN3/c1-9(7-17-13(2,3)4)5-10-6-11(14)8-16-12(10)15/h6,8-9,17H,5,7H2,1-4H3,(H2,15,16). The Kier molecular flexibility index (Phi) is 4.78. The Labute approximate surface area is 109 Å². The van der Waals surface area contributed by atoms with Crippen molar-refractivity contribution in [3.8, 4) is 0 Å². The van der Waals surface area contributed by atoms with Gasteiger partial charge in [-0.25, -0.2) is 4.98 Å². The Balaban J connectivity index is 2.56. The summed E-state index contributed by atoms with van der Waals surface area (Å²) in [5.41, 5.74) is 7.00. The van der Waals surface area contributed by atoms with E-state index in [0.29, 0.717) is 16.8 Å². The molecule has 1 atom stereocenters. The number of nitrogens with zero attached hydrogens (tertiary/aromatic N) is 1. The second-order valence-corrected chi connectivity index (χ2v) is 6.07. The van der Waals surface area contributed by atoms with E-state index in [0.717, 1.165) is 18.5 Å². The van der Waals surface area contributed by atoms with Crippen LogP contribution < -0.4 is 11.1 Å². The van der Waals surface area contributed by atoms with Gasteiger partial charge in [-0.15, -0.1) is 0 Å². The van der Waals surface area contributed by atoms with E-state index in [1.807, 2.05) is 6.07 Å². The lowest BCUT2D eigenvalue weighted by Gasteiger charge is -2.23. The summed E-state index contributed by atoms with van der Waals surface area (Å²) in [5, 5.41) is 4.13. The van der Waals surface area contributed by atoms with Crippen LogP contribution in [0.3, 0.4) is 0 Å². The molecular formula is C13H22ClN3. The molecule has 0 aliphatic rings. The number of nitrogen functional groups attached to an aromatic ring is 1. The first-order valence-corrected chi connectivity index (χ1v) is 6.30. The summed E-state index contributed by atoms with van der Waals surface area (Å²) in [5.74, 6) is 1.08. The van der Waals surface area contributed by atoms with Crippen molar-refractivity contribution in [3.63, 3.8) is 0 Å². The van der Waals surface area contributed by atoms with Gasteiger partial charge in [-0.05, 0) is 51.3 Å². The second-order valence-electron chi connectivity index (χ2n) is 5.64. The van der Waals surface area contributed by atoms with Crippen LogP contribution in [0.4, 0.5) is 5.82 Å². The zero-order chi connectivity index (χ0) is 13.1. The van der Waals surface area contributed by atoms with E-state index < -0.39 is 0 Å². The number of pyridine rings is 1. The molecule has 0 spiro atoms. The molecule has 0 aromatic carbocycles. The lowest BCUT2D eigenvalue weighted by molar-refractivity contribution is 0.381. The third-order valence-electron chi connectivity index (χ3n) is 2.52. The molecule has 0 aliphatic carbocycles. The Hall–Kier alpha value is -0.800. The van der Waals surface area contributed by atoms with E-state index in [9.17, 15) is 0 Å². The number of rotatable bonds is 4. The van der Waals surface area contributed by atoms with Gasteiger partial charge in [0.1, 0.15) is 5.82 Å². The minimum absolute atomic E-state index is 0.145. The fraction of sp³-hybridized carbons (Fsp3) is 0.615. The van der Waals surface area contributed by atoms with Crippen LogP contribution in [0, 0.1) is 5.92 Å². The number of nitrogens with one attached hydrogen (secondary N) is 1. The zero-order valence-corrected chi connectivity index (χ0v) is 11.8. The molecule has 1 rings (SSSR count). The summed E-state index contributed by atoms with van der Waals surface area (Å²) in [6.07, 6.45) is 2.47. The molecule has 0 saturated carbocycles. The predicted octanol–water partition coefficient (Wildman–Crippen LogP) is 2.88. The molecule has 4 heteroatoms. The molecule has 3 nitrogen and oxygen atoms in total. The van der Waals surface area contributed by atoms with Crippen molar-refractivity contribution in [2.75, 3.05) is 12.3 Å². The molecule has 96 valence electrons. The quantitative estimate of drug-likeness (QED) is 0.870. The van der Waals surface area contributed by atoms with E-state index >= 15 is 0 Å². The minimum Gasteiger partial charge on any atom is -0.383 e. The van der Waals surface area contributed by atoms with E-state index in [1.54, 1.807) is 6.20 Å². The van der Waals surface area contributed by atoms with Gasteiger partial charge in [0.15, 0.2) is 0 Å². The van der Waals surface area contributed by atoms with Crippen LogP contribution in [-0.2, 0) is 6.42 Å². The maximum atomic E-state index is 5.92. The number of hydrogen-bond donors (Lipinski definition) is 2. The highest BCUT2D eigenvalue weighted by atomic mass is 35.5. The Morgan fingerprint density at radius 2 is 2.12 bits per heavy atom. The van der Waals surface area contributed by atoms with Gasteiger partial charge in [-0.2, -0.15) is 0 Å². The molecule has 0 radical (unpaired) electrons. The molecule has 0 saturated heterocycles. The van der Waals surface area contributed by atoms with Crippen molar-refractivity contribution < 1.29 is 0 Å². The van der Waals surface area contributed by atoms with Crippen molar-refractivity contribution in [3.05, 3.63) is 22.8 Å². The fourth-order valence-electron chi connectivity index (χ4n) is 1.58. The fourth-order valence-corrected chi connectivity index (χ4v) is 1.76. The molecule has 1 aromatic rings. The minimum atomic E-state index is 0.145. The normalized spacial score (nSPS) is 13.7. The lowest BCUT2D eigenvalue weighted by Crippen LogP contribution is -2.39. The van der Waals surface area contributed by atoms with Gasteiger partial charge in [0, 0.05) is 11.7 Å². The first-order valence-electron chi connectivity index (χ1n) is 5.93. The maximum Gasteiger partial charge on any atom is 0.126 e. The van der Waals surface area contributed by atoms with E-state index in [-0.39, 0.29) is 5.54 Å². The average Bonchev–Trinajstić information content (AvgIpc) is 2.20. The average molecular weight is 256 g/mol. The van der Waals surface area contributed by atoms with Crippen molar-refractivity contribution in [1.29, 1.82) is 0 Å². The molecule has 0 amide bonds. The summed E-state index contributed by atoms with van der Waals surface area (Å²) in [6, 6.07) is 1.90. The summed E-state index contributed by atoms with van der Waals surface area (Å²) in [7, 11) is 0. The second kappa shape index (κ2) is 5.69. The predicted molar refractivity (Wildman–Crippen MR) is 74.3 cm³/mol. The van der Waals surface area contributed by atoms with Crippen molar-refractivity contribution in [2.45, 2.75) is 39.7 Å². The van der Waals surface area contributed by atoms with E-state index in [1.165, 1.54) is 0 Å². The first-order chi connectivity index (χ1) is 7.78. The molecule has 0 fully saturated rings. The molecule has 1 heterocycles. The topological polar surface area (TPSA) is 50.9 Å². The molecule has 17 heavy (non-hydrogen) atoms. The van der Waals surface area contributed by atoms with Gasteiger partial charge in [0.05, 0.1) is 5.02 Å². The number of aromatic nitrogens is 1. The van der Waals surface area contributed by atoms with Gasteiger partial charge in [-0.1, -0.05) is 18.5 Å². The Bertz CT molecular complexity index is 371. The number of halogens is 1. The van der Waals surface area contributed by atoms with E-state index in [4.69, 9.17) is 17.3 Å². The molecular weight excluding hydrogens is 234 g/mol. The van der Waals surface area contributed by atoms with Gasteiger partial charge in [0.2, 0.25) is 0 Å². The highest BCUT2D eigenvalue weighted by Crippen LogP contribution is 2.18. The molecule has 3 N–H and O–H groups in total. The Morgan fingerprint density at radius 1 is 1.47 bits per heavy atom. The first kappa shape index (κ1) is 14.3. The van der Waals surface area contributed by atoms with Crippen LogP contribution in [0.2, 0.25) is 5.02 Å². The van der Waals surface area contributed by atoms with Crippen LogP contribution in [0.25, 0.3) is 0 Å². The van der Waals surface area contributed by atoms with Gasteiger partial charge in [0.25, 0.3) is 0 Å². The third kappa shape index (κ3) is 5.37. The summed E-state index contributed by atoms with van der Waals surface area (Å²) < 4.78 is 0. The molecule has 0 aliphatic heterocycles. The van der Waals surface area contributed by atoms with Crippen molar-refractivity contribution >= 4 is 17.4 Å². The van der Waals surface area contributed by atoms with Crippen LogP contribution in [0.1, 0.15) is 33.3 Å².